The number of hydrogen-bond donors (Lipinski definition) is 1. The number of hydrogen-bond acceptors (Lipinski definition) is 6. The molecule has 2 aromatic rings. The smallest absolute Gasteiger partial charge is 0.328 e. The Labute approximate surface area is 154 Å². The van der Waals surface area contributed by atoms with Crippen LogP contribution < -0.4 is 14.2 Å². The van der Waals surface area contributed by atoms with Crippen molar-refractivity contribution in [3.63, 3.8) is 0 Å². The molecule has 0 saturated carbocycles. The molecule has 0 amide bonds. The van der Waals surface area contributed by atoms with E-state index in [1.165, 1.54) is 26.4 Å². The summed E-state index contributed by atoms with van der Waals surface area (Å²) < 4.78 is 69.8. The van der Waals surface area contributed by atoms with Crippen molar-refractivity contribution >= 4 is 16.0 Å². The molecule has 27 heavy (non-hydrogen) atoms. The molecule has 1 N–H and O–H groups in total. The third-order valence-electron chi connectivity index (χ3n) is 3.64. The molecule has 7 nitrogen and oxygen atoms in total. The quantitative estimate of drug-likeness (QED) is 0.715. The average Bonchev–Trinajstić information content (AvgIpc) is 2.67. The number of nitrogens with one attached hydrogen (secondary N) is 1. The van der Waals surface area contributed by atoms with Gasteiger partial charge in [-0.2, -0.15) is 4.72 Å². The zero-order valence-electron chi connectivity index (χ0n) is 14.7. The first-order chi connectivity index (χ1) is 12.7. The number of sulfonamides is 1. The topological polar surface area (TPSA) is 90.9 Å². The molecular formula is C17H17F2NO6S. The van der Waals surface area contributed by atoms with Crippen molar-refractivity contribution in [3.8, 4) is 11.5 Å². The second-order valence-corrected chi connectivity index (χ2v) is 6.94. The van der Waals surface area contributed by atoms with Crippen LogP contribution in [0.4, 0.5) is 8.78 Å². The number of carbonyl (C=O) groups excluding carboxylic acids is 1. The van der Waals surface area contributed by atoms with Crippen molar-refractivity contribution in [1.29, 1.82) is 0 Å². The van der Waals surface area contributed by atoms with Gasteiger partial charge in [-0.25, -0.2) is 22.0 Å². The second-order valence-electron chi connectivity index (χ2n) is 5.26. The van der Waals surface area contributed by atoms with Gasteiger partial charge in [-0.1, -0.05) is 0 Å². The Morgan fingerprint density at radius 2 is 1.74 bits per heavy atom. The predicted octanol–water partition coefficient (Wildman–Crippen LogP) is 2.17. The van der Waals surface area contributed by atoms with Crippen LogP contribution in [0.5, 0.6) is 11.5 Å². The van der Waals surface area contributed by atoms with Crippen molar-refractivity contribution < 1.29 is 36.2 Å². The lowest BCUT2D eigenvalue weighted by Gasteiger charge is -2.19. The second kappa shape index (κ2) is 8.31. The van der Waals surface area contributed by atoms with Crippen LogP contribution in [0.15, 0.2) is 41.3 Å². The van der Waals surface area contributed by atoms with Gasteiger partial charge in [0.05, 0.1) is 21.3 Å². The van der Waals surface area contributed by atoms with Gasteiger partial charge >= 0.3 is 5.97 Å². The summed E-state index contributed by atoms with van der Waals surface area (Å²) in [6, 6.07) is 4.50. The van der Waals surface area contributed by atoms with E-state index in [1.54, 1.807) is 0 Å². The first-order valence-electron chi connectivity index (χ1n) is 7.50. The van der Waals surface area contributed by atoms with Gasteiger partial charge in [-0.3, -0.25) is 0 Å². The van der Waals surface area contributed by atoms with Crippen LogP contribution in [0.25, 0.3) is 0 Å². The zero-order valence-corrected chi connectivity index (χ0v) is 15.5. The largest absolute Gasteiger partial charge is 0.497 e. The van der Waals surface area contributed by atoms with Crippen LogP contribution in [-0.2, 0) is 19.6 Å². The lowest BCUT2D eigenvalue weighted by Crippen LogP contribution is -2.35. The highest BCUT2D eigenvalue weighted by Crippen LogP contribution is 2.30. The van der Waals surface area contributed by atoms with E-state index in [1.807, 2.05) is 4.72 Å². The van der Waals surface area contributed by atoms with E-state index in [2.05, 4.69) is 4.74 Å². The van der Waals surface area contributed by atoms with Crippen molar-refractivity contribution in [2.24, 2.45) is 0 Å². The number of benzene rings is 2. The van der Waals surface area contributed by atoms with Crippen LogP contribution in [0, 0.1) is 11.6 Å². The summed E-state index contributed by atoms with van der Waals surface area (Å²) in [5.74, 6) is -2.77. The highest BCUT2D eigenvalue weighted by atomic mass is 32.2. The van der Waals surface area contributed by atoms with Gasteiger partial charge in [0.15, 0.2) is 0 Å². The monoisotopic (exact) mass is 401 g/mol. The van der Waals surface area contributed by atoms with Gasteiger partial charge in [0.2, 0.25) is 10.0 Å². The number of halogens is 2. The molecule has 0 aliphatic heterocycles. The number of carbonyl (C=O) groups is 1. The summed E-state index contributed by atoms with van der Waals surface area (Å²) in [6.45, 7) is 0. The predicted molar refractivity (Wildman–Crippen MR) is 91.0 cm³/mol. The molecule has 0 bridgehead atoms. The Hall–Kier alpha value is -2.72. The fraction of sp³-hybridized carbons (Fsp3) is 0.235. The Morgan fingerprint density at radius 1 is 1.04 bits per heavy atom. The van der Waals surface area contributed by atoms with Gasteiger partial charge in [0.25, 0.3) is 0 Å². The van der Waals surface area contributed by atoms with E-state index in [4.69, 9.17) is 9.47 Å². The van der Waals surface area contributed by atoms with Crippen molar-refractivity contribution in [2.75, 3.05) is 21.3 Å². The molecule has 0 heterocycles. The number of ether oxygens (including phenoxy) is 3. The van der Waals surface area contributed by atoms with Gasteiger partial charge in [0.1, 0.15) is 34.1 Å². The van der Waals surface area contributed by atoms with Crippen LogP contribution >= 0.6 is 0 Å². The Bertz CT molecular complexity index is 948. The maximum Gasteiger partial charge on any atom is 0.328 e. The van der Waals surface area contributed by atoms with E-state index in [0.717, 1.165) is 25.3 Å². The molecule has 0 spiro atoms. The highest BCUT2D eigenvalue weighted by molar-refractivity contribution is 7.89. The Morgan fingerprint density at radius 3 is 2.33 bits per heavy atom. The zero-order chi connectivity index (χ0) is 20.2. The van der Waals surface area contributed by atoms with E-state index in [0.29, 0.717) is 6.07 Å². The third kappa shape index (κ3) is 4.52. The molecule has 0 fully saturated rings. The molecule has 2 rings (SSSR count). The summed E-state index contributed by atoms with van der Waals surface area (Å²) in [6.07, 6.45) is 0. The molecule has 1 atom stereocenters. The van der Waals surface area contributed by atoms with E-state index < -0.39 is 39.2 Å². The molecule has 0 aliphatic rings. The van der Waals surface area contributed by atoms with E-state index >= 15 is 0 Å². The number of esters is 1. The van der Waals surface area contributed by atoms with Gasteiger partial charge in [-0.05, 0) is 30.3 Å². The number of rotatable bonds is 7. The summed E-state index contributed by atoms with van der Waals surface area (Å²) in [5.41, 5.74) is -0.521. The summed E-state index contributed by atoms with van der Waals surface area (Å²) in [7, 11) is -0.827. The van der Waals surface area contributed by atoms with E-state index in [-0.39, 0.29) is 16.4 Å². The lowest BCUT2D eigenvalue weighted by molar-refractivity contribution is -0.142. The normalized spacial score (nSPS) is 12.3. The standard InChI is InChI=1S/C17H17F2NO6S/c1-24-11-5-7-14(25-2)15(9-11)27(22,23)20-16(17(21)26-3)12-8-10(18)4-6-13(12)19/h4-9,16,20H,1-3H3. The summed E-state index contributed by atoms with van der Waals surface area (Å²) in [5, 5.41) is 0. The minimum atomic E-state index is -4.41. The van der Waals surface area contributed by atoms with Crippen LogP contribution in [0.1, 0.15) is 11.6 Å². The molecule has 0 radical (unpaired) electrons. The number of methoxy groups -OCH3 is 3. The minimum Gasteiger partial charge on any atom is -0.497 e. The molecule has 10 heteroatoms. The van der Waals surface area contributed by atoms with Crippen LogP contribution in [0.3, 0.4) is 0 Å². The lowest BCUT2D eigenvalue weighted by atomic mass is 10.1. The van der Waals surface area contributed by atoms with Crippen LogP contribution in [0.2, 0.25) is 0 Å². The maximum atomic E-state index is 14.1. The highest BCUT2D eigenvalue weighted by Gasteiger charge is 2.32. The van der Waals surface area contributed by atoms with Crippen molar-refractivity contribution in [1.82, 2.24) is 4.72 Å². The fourth-order valence-corrected chi connectivity index (χ4v) is 3.65. The molecule has 0 aromatic heterocycles. The van der Waals surface area contributed by atoms with Gasteiger partial charge in [0, 0.05) is 11.6 Å². The fourth-order valence-electron chi connectivity index (χ4n) is 2.30. The molecular weight excluding hydrogens is 384 g/mol. The molecule has 2 aromatic carbocycles. The van der Waals surface area contributed by atoms with Crippen LogP contribution in [-0.4, -0.2) is 35.7 Å². The Balaban J connectivity index is 2.54. The SMILES string of the molecule is COC(=O)C(NS(=O)(=O)c1cc(OC)ccc1OC)c1cc(F)ccc1F. The third-order valence-corrected chi connectivity index (χ3v) is 5.08. The van der Waals surface area contributed by atoms with Gasteiger partial charge < -0.3 is 14.2 Å². The minimum absolute atomic E-state index is 0.0355. The molecule has 0 saturated heterocycles. The molecule has 0 aliphatic carbocycles. The first kappa shape index (κ1) is 20.6. The van der Waals surface area contributed by atoms with Crippen molar-refractivity contribution in [2.45, 2.75) is 10.9 Å². The average molecular weight is 401 g/mol. The van der Waals surface area contributed by atoms with E-state index in [9.17, 15) is 22.0 Å². The maximum absolute atomic E-state index is 14.1. The molecule has 146 valence electrons. The summed E-state index contributed by atoms with van der Waals surface area (Å²) >= 11 is 0. The summed E-state index contributed by atoms with van der Waals surface area (Å²) in [4.78, 5) is 11.7. The van der Waals surface area contributed by atoms with Crippen molar-refractivity contribution in [3.05, 3.63) is 53.6 Å². The first-order valence-corrected chi connectivity index (χ1v) is 8.99. The molecule has 1 unspecified atom stereocenters. The van der Waals surface area contributed by atoms with Gasteiger partial charge in [-0.15, -0.1) is 0 Å². The Kier molecular flexibility index (Phi) is 6.34.